The number of rotatable bonds is 3. The van der Waals surface area contributed by atoms with Gasteiger partial charge < -0.3 is 15.4 Å². The van der Waals surface area contributed by atoms with Crippen LogP contribution in [-0.2, 0) is 17.4 Å². The Morgan fingerprint density at radius 3 is 1.85 bits per heavy atom. The molecule has 0 aliphatic rings. The lowest BCUT2D eigenvalue weighted by Gasteiger charge is -2.28. The maximum Gasteiger partial charge on any atom is 0.250 e. The molecule has 4 nitrogen and oxygen atoms in total. The first kappa shape index (κ1) is 20.1. The van der Waals surface area contributed by atoms with E-state index >= 15 is 0 Å². The zero-order chi connectivity index (χ0) is 20.0. The van der Waals surface area contributed by atoms with E-state index in [1.165, 1.54) is 0 Å². The Balaban J connectivity index is 2.87. The summed E-state index contributed by atoms with van der Waals surface area (Å²) in [4.78, 5) is 11.8. The summed E-state index contributed by atoms with van der Waals surface area (Å²) in [6.07, 6.45) is 0. The van der Waals surface area contributed by atoms with Crippen molar-refractivity contribution in [3.63, 3.8) is 0 Å². The van der Waals surface area contributed by atoms with Gasteiger partial charge in [-0.1, -0.05) is 41.5 Å². The number of aromatic nitrogens is 1. The van der Waals surface area contributed by atoms with Gasteiger partial charge in [0.1, 0.15) is 5.75 Å². The van der Waals surface area contributed by atoms with E-state index in [1.807, 2.05) is 25.1 Å². The molecule has 0 spiro atoms. The normalized spacial score (nSPS) is 12.5. The number of hydrogen-bond acceptors (Lipinski definition) is 2. The second-order valence-corrected chi connectivity index (χ2v) is 9.06. The van der Waals surface area contributed by atoms with Gasteiger partial charge in [0.25, 0.3) is 5.91 Å². The van der Waals surface area contributed by atoms with Crippen LogP contribution in [0.2, 0.25) is 0 Å². The Kier molecular flexibility index (Phi) is 5.02. The van der Waals surface area contributed by atoms with E-state index in [9.17, 15) is 9.90 Å². The van der Waals surface area contributed by atoms with Crippen molar-refractivity contribution >= 4 is 5.91 Å². The monoisotopic (exact) mass is 356 g/mol. The van der Waals surface area contributed by atoms with Gasteiger partial charge in [0.15, 0.2) is 0 Å². The number of carbonyl (C=O) groups is 1. The summed E-state index contributed by atoms with van der Waals surface area (Å²) in [5.41, 5.74) is 10.3. The number of nitrogens with two attached hydrogens (primary N) is 1. The average molecular weight is 357 g/mol. The second kappa shape index (κ2) is 6.49. The molecular weight excluding hydrogens is 324 g/mol. The van der Waals surface area contributed by atoms with E-state index < -0.39 is 5.91 Å². The van der Waals surface area contributed by atoms with Crippen LogP contribution >= 0.6 is 0 Å². The standard InChI is InChI=1S/C22H32N2O2/c1-9-24-13(2)15(20(23)26)12-18(24)14-10-16(21(3,4)5)19(25)17(11-14)22(6,7)8/h10-12,25H,9H2,1-8H3,(H2,23,26). The van der Waals surface area contributed by atoms with E-state index in [1.54, 1.807) is 0 Å². The van der Waals surface area contributed by atoms with Crippen LogP contribution in [0.4, 0.5) is 0 Å². The van der Waals surface area contributed by atoms with Crippen molar-refractivity contribution < 1.29 is 9.90 Å². The number of nitrogens with zero attached hydrogens (tertiary/aromatic N) is 1. The van der Waals surface area contributed by atoms with E-state index in [-0.39, 0.29) is 10.8 Å². The van der Waals surface area contributed by atoms with Crippen LogP contribution in [0.3, 0.4) is 0 Å². The highest BCUT2D eigenvalue weighted by Crippen LogP contribution is 2.42. The molecule has 1 aromatic heterocycles. The molecule has 0 radical (unpaired) electrons. The van der Waals surface area contributed by atoms with Crippen LogP contribution in [0.15, 0.2) is 18.2 Å². The highest BCUT2D eigenvalue weighted by Gasteiger charge is 2.28. The van der Waals surface area contributed by atoms with Gasteiger partial charge in [-0.05, 0) is 48.4 Å². The first-order chi connectivity index (χ1) is 11.8. The van der Waals surface area contributed by atoms with Crippen molar-refractivity contribution in [3.8, 4) is 17.0 Å². The number of hydrogen-bond donors (Lipinski definition) is 2. The number of amides is 1. The minimum Gasteiger partial charge on any atom is -0.507 e. The summed E-state index contributed by atoms with van der Waals surface area (Å²) in [5.74, 6) is -0.0583. The van der Waals surface area contributed by atoms with E-state index in [0.29, 0.717) is 11.3 Å². The van der Waals surface area contributed by atoms with Gasteiger partial charge in [-0.3, -0.25) is 4.79 Å². The van der Waals surface area contributed by atoms with Gasteiger partial charge in [0.2, 0.25) is 0 Å². The first-order valence-electron chi connectivity index (χ1n) is 9.17. The fourth-order valence-corrected chi connectivity index (χ4v) is 3.47. The Labute approximate surface area is 157 Å². The maximum atomic E-state index is 11.8. The van der Waals surface area contributed by atoms with Gasteiger partial charge in [-0.15, -0.1) is 0 Å². The zero-order valence-corrected chi connectivity index (χ0v) is 17.3. The molecule has 2 aromatic rings. The number of aromatic hydroxyl groups is 1. The molecule has 4 heteroatoms. The quantitative estimate of drug-likeness (QED) is 0.822. The largest absolute Gasteiger partial charge is 0.507 e. The topological polar surface area (TPSA) is 68.2 Å². The van der Waals surface area contributed by atoms with Crippen LogP contribution in [0, 0.1) is 6.92 Å². The lowest BCUT2D eigenvalue weighted by molar-refractivity contribution is 0.0999. The Morgan fingerprint density at radius 1 is 1.04 bits per heavy atom. The predicted octanol–water partition coefficient (Wildman–Crippen LogP) is 4.88. The van der Waals surface area contributed by atoms with Crippen molar-refractivity contribution in [2.45, 2.75) is 72.8 Å². The Morgan fingerprint density at radius 2 is 1.50 bits per heavy atom. The third-order valence-corrected chi connectivity index (χ3v) is 4.97. The Bertz CT molecular complexity index is 811. The summed E-state index contributed by atoms with van der Waals surface area (Å²) in [5, 5.41) is 10.9. The fourth-order valence-electron chi connectivity index (χ4n) is 3.47. The highest BCUT2D eigenvalue weighted by molar-refractivity contribution is 5.95. The van der Waals surface area contributed by atoms with Crippen molar-refractivity contribution in [1.29, 1.82) is 0 Å². The van der Waals surface area contributed by atoms with E-state index in [4.69, 9.17) is 5.73 Å². The average Bonchev–Trinajstić information content (AvgIpc) is 2.82. The van der Waals surface area contributed by atoms with Crippen molar-refractivity contribution in [2.75, 3.05) is 0 Å². The summed E-state index contributed by atoms with van der Waals surface area (Å²) >= 11 is 0. The molecule has 0 saturated heterocycles. The summed E-state index contributed by atoms with van der Waals surface area (Å²) < 4.78 is 2.10. The van der Waals surface area contributed by atoms with Crippen molar-refractivity contribution in [3.05, 3.63) is 40.6 Å². The molecule has 0 aliphatic carbocycles. The van der Waals surface area contributed by atoms with E-state index in [0.717, 1.165) is 34.6 Å². The van der Waals surface area contributed by atoms with Gasteiger partial charge in [-0.2, -0.15) is 0 Å². The molecule has 0 unspecified atom stereocenters. The van der Waals surface area contributed by atoms with Crippen LogP contribution in [-0.4, -0.2) is 15.6 Å². The molecule has 0 atom stereocenters. The minimum absolute atomic E-state index is 0.203. The lowest BCUT2D eigenvalue weighted by Crippen LogP contribution is -2.17. The second-order valence-electron chi connectivity index (χ2n) is 9.06. The predicted molar refractivity (Wildman–Crippen MR) is 108 cm³/mol. The number of carbonyl (C=O) groups excluding carboxylic acids is 1. The SMILES string of the molecule is CCn1c(-c2cc(C(C)(C)C)c(O)c(C(C)(C)C)c2)cc(C(N)=O)c1C. The van der Waals surface area contributed by atoms with Crippen molar-refractivity contribution in [2.24, 2.45) is 5.73 Å². The molecule has 0 aliphatic heterocycles. The van der Waals surface area contributed by atoms with Gasteiger partial charge in [-0.25, -0.2) is 0 Å². The molecule has 0 bridgehead atoms. The zero-order valence-electron chi connectivity index (χ0n) is 17.3. The molecule has 1 amide bonds. The molecule has 2 rings (SSSR count). The first-order valence-corrected chi connectivity index (χ1v) is 9.17. The van der Waals surface area contributed by atoms with Gasteiger partial charge in [0.05, 0.1) is 5.56 Å². The molecule has 1 aromatic carbocycles. The fraction of sp³-hybridized carbons (Fsp3) is 0.500. The molecular formula is C22H32N2O2. The number of benzene rings is 1. The summed E-state index contributed by atoms with van der Waals surface area (Å²) in [6.45, 7) is 17.3. The smallest absolute Gasteiger partial charge is 0.250 e. The van der Waals surface area contributed by atoms with E-state index in [2.05, 4.69) is 53.0 Å². The molecule has 3 N–H and O–H groups in total. The molecule has 0 saturated carbocycles. The van der Waals surface area contributed by atoms with Gasteiger partial charge >= 0.3 is 0 Å². The molecule has 142 valence electrons. The number of phenolic OH excluding ortho intramolecular Hbond substituents is 1. The third kappa shape index (κ3) is 3.50. The van der Waals surface area contributed by atoms with Crippen molar-refractivity contribution in [1.82, 2.24) is 4.57 Å². The van der Waals surface area contributed by atoms with Crippen LogP contribution in [0.1, 0.15) is 75.6 Å². The lowest BCUT2D eigenvalue weighted by atomic mass is 9.78. The molecule has 0 fully saturated rings. The van der Waals surface area contributed by atoms with Crippen LogP contribution in [0.5, 0.6) is 5.75 Å². The number of phenols is 1. The number of primary amides is 1. The summed E-state index contributed by atoms with van der Waals surface area (Å²) in [6, 6.07) is 5.94. The highest BCUT2D eigenvalue weighted by atomic mass is 16.3. The molecule has 1 heterocycles. The van der Waals surface area contributed by atoms with Gasteiger partial charge in [0, 0.05) is 29.1 Å². The third-order valence-electron chi connectivity index (χ3n) is 4.97. The Hall–Kier alpha value is -2.23. The minimum atomic E-state index is -0.415. The van der Waals surface area contributed by atoms with Crippen LogP contribution < -0.4 is 5.73 Å². The summed E-state index contributed by atoms with van der Waals surface area (Å²) in [7, 11) is 0. The maximum absolute atomic E-state index is 11.8. The molecule has 26 heavy (non-hydrogen) atoms. The van der Waals surface area contributed by atoms with Crippen LogP contribution in [0.25, 0.3) is 11.3 Å².